The third-order valence-corrected chi connectivity index (χ3v) is 4.29. The van der Waals surface area contributed by atoms with Gasteiger partial charge in [-0.15, -0.1) is 0 Å². The lowest BCUT2D eigenvalue weighted by atomic mass is 10.1. The molecule has 0 bridgehead atoms. The van der Waals surface area contributed by atoms with E-state index in [9.17, 15) is 4.79 Å². The number of fused-ring (bicyclic) bond motifs is 1. The van der Waals surface area contributed by atoms with Crippen LogP contribution in [0.3, 0.4) is 0 Å². The zero-order valence-electron chi connectivity index (χ0n) is 12.2. The van der Waals surface area contributed by atoms with Crippen LogP contribution in [0, 0.1) is 0 Å². The second-order valence-corrected chi connectivity index (χ2v) is 6.05. The van der Waals surface area contributed by atoms with E-state index in [1.807, 2.05) is 41.8 Å². The molecule has 0 aliphatic carbocycles. The average Bonchev–Trinajstić information content (AvgIpc) is 2.85. The molecule has 3 aromatic rings. The summed E-state index contributed by atoms with van der Waals surface area (Å²) in [6.45, 7) is 3.44. The largest absolute Gasteiger partial charge is 0.314 e. The van der Waals surface area contributed by atoms with Gasteiger partial charge in [0.05, 0.1) is 22.1 Å². The molecule has 0 aliphatic rings. The van der Waals surface area contributed by atoms with Gasteiger partial charge in [-0.1, -0.05) is 35.3 Å². The maximum atomic E-state index is 11.9. The number of hydrogen-bond donors (Lipinski definition) is 0. The van der Waals surface area contributed by atoms with Crippen LogP contribution in [-0.4, -0.2) is 15.3 Å². The van der Waals surface area contributed by atoms with E-state index < -0.39 is 0 Å². The molecule has 0 saturated carbocycles. The van der Waals surface area contributed by atoms with Crippen molar-refractivity contribution in [3.05, 3.63) is 52.5 Å². The average molecular weight is 333 g/mol. The first-order chi connectivity index (χ1) is 10.5. The monoisotopic (exact) mass is 332 g/mol. The van der Waals surface area contributed by atoms with Crippen molar-refractivity contribution < 1.29 is 4.79 Å². The van der Waals surface area contributed by atoms with Crippen LogP contribution in [-0.2, 0) is 4.79 Å². The summed E-state index contributed by atoms with van der Waals surface area (Å²) in [5.41, 5.74) is 2.50. The Bertz CT molecular complexity index is 870. The van der Waals surface area contributed by atoms with E-state index in [2.05, 4.69) is 4.98 Å². The van der Waals surface area contributed by atoms with Crippen molar-refractivity contribution in [1.82, 2.24) is 9.55 Å². The zero-order chi connectivity index (χ0) is 15.9. The van der Waals surface area contributed by atoms with E-state index in [0.29, 0.717) is 15.9 Å². The molecule has 0 saturated heterocycles. The number of aromatic nitrogens is 2. The standard InChI is InChI=1S/C17H14Cl2N2O/c1-10(11(2)22)21-16-6-4-3-5-15(16)20-17(21)13-8-7-12(18)9-14(13)19/h3-10H,1-2H3. The Hall–Kier alpha value is -1.84. The molecule has 0 radical (unpaired) electrons. The van der Waals surface area contributed by atoms with E-state index in [0.717, 1.165) is 16.6 Å². The van der Waals surface area contributed by atoms with Crippen molar-refractivity contribution in [3.8, 4) is 11.4 Å². The number of benzene rings is 2. The lowest BCUT2D eigenvalue weighted by Crippen LogP contribution is -2.14. The van der Waals surface area contributed by atoms with Gasteiger partial charge in [-0.3, -0.25) is 4.79 Å². The summed E-state index contributed by atoms with van der Waals surface area (Å²) in [6.07, 6.45) is 0. The van der Waals surface area contributed by atoms with Crippen molar-refractivity contribution in [2.24, 2.45) is 0 Å². The number of hydrogen-bond acceptors (Lipinski definition) is 2. The Morgan fingerprint density at radius 3 is 2.59 bits per heavy atom. The lowest BCUT2D eigenvalue weighted by Gasteiger charge is -2.15. The van der Waals surface area contributed by atoms with Crippen molar-refractivity contribution in [2.75, 3.05) is 0 Å². The molecule has 1 atom stereocenters. The number of nitrogens with zero attached hydrogens (tertiary/aromatic N) is 2. The van der Waals surface area contributed by atoms with Gasteiger partial charge in [-0.05, 0) is 44.2 Å². The van der Waals surface area contributed by atoms with Gasteiger partial charge >= 0.3 is 0 Å². The Balaban J connectivity index is 2.33. The molecule has 2 aromatic carbocycles. The fourth-order valence-electron chi connectivity index (χ4n) is 2.48. The second kappa shape index (κ2) is 5.75. The van der Waals surface area contributed by atoms with Crippen LogP contribution in [0.2, 0.25) is 10.0 Å². The topological polar surface area (TPSA) is 34.9 Å². The van der Waals surface area contributed by atoms with Crippen molar-refractivity contribution in [2.45, 2.75) is 19.9 Å². The minimum Gasteiger partial charge on any atom is -0.314 e. The number of carbonyl (C=O) groups excluding carboxylic acids is 1. The van der Waals surface area contributed by atoms with Gasteiger partial charge in [0.15, 0.2) is 5.78 Å². The fourth-order valence-corrected chi connectivity index (χ4v) is 2.97. The number of imidazole rings is 1. The van der Waals surface area contributed by atoms with E-state index in [1.54, 1.807) is 19.1 Å². The molecule has 3 rings (SSSR count). The van der Waals surface area contributed by atoms with Crippen molar-refractivity contribution in [3.63, 3.8) is 0 Å². The Morgan fingerprint density at radius 2 is 1.91 bits per heavy atom. The molecule has 0 fully saturated rings. The summed E-state index contributed by atoms with van der Waals surface area (Å²) in [5, 5.41) is 1.08. The van der Waals surface area contributed by atoms with Crippen LogP contribution >= 0.6 is 23.2 Å². The van der Waals surface area contributed by atoms with E-state index in [4.69, 9.17) is 23.2 Å². The predicted octanol–water partition coefficient (Wildman–Crippen LogP) is 5.16. The summed E-state index contributed by atoms with van der Waals surface area (Å²) in [7, 11) is 0. The maximum absolute atomic E-state index is 11.9. The highest BCUT2D eigenvalue weighted by molar-refractivity contribution is 6.36. The fraction of sp³-hybridized carbons (Fsp3) is 0.176. The first-order valence-electron chi connectivity index (χ1n) is 6.92. The smallest absolute Gasteiger partial charge is 0.152 e. The maximum Gasteiger partial charge on any atom is 0.152 e. The molecule has 3 nitrogen and oxygen atoms in total. The van der Waals surface area contributed by atoms with Crippen molar-refractivity contribution in [1.29, 1.82) is 0 Å². The first kappa shape index (κ1) is 15.1. The van der Waals surface area contributed by atoms with Gasteiger partial charge in [0.2, 0.25) is 0 Å². The van der Waals surface area contributed by atoms with Gasteiger partial charge in [-0.2, -0.15) is 0 Å². The van der Waals surface area contributed by atoms with Crippen LogP contribution in [0.5, 0.6) is 0 Å². The molecule has 1 unspecified atom stereocenters. The Labute approximate surface area is 138 Å². The zero-order valence-corrected chi connectivity index (χ0v) is 13.7. The van der Waals surface area contributed by atoms with E-state index in [-0.39, 0.29) is 11.8 Å². The van der Waals surface area contributed by atoms with Gasteiger partial charge in [0, 0.05) is 10.6 Å². The molecule has 0 N–H and O–H groups in total. The molecule has 1 aromatic heterocycles. The Kier molecular flexibility index (Phi) is 3.94. The summed E-state index contributed by atoms with van der Waals surface area (Å²) < 4.78 is 1.92. The highest BCUT2D eigenvalue weighted by Gasteiger charge is 2.21. The highest BCUT2D eigenvalue weighted by atomic mass is 35.5. The molecule has 1 heterocycles. The summed E-state index contributed by atoms with van der Waals surface area (Å²) in [4.78, 5) is 16.6. The number of rotatable bonds is 3. The molecule has 112 valence electrons. The summed E-state index contributed by atoms with van der Waals surface area (Å²) in [5.74, 6) is 0.736. The molecule has 22 heavy (non-hydrogen) atoms. The van der Waals surface area contributed by atoms with Crippen LogP contribution in [0.15, 0.2) is 42.5 Å². The number of halogens is 2. The van der Waals surface area contributed by atoms with Gasteiger partial charge in [0.1, 0.15) is 5.82 Å². The third-order valence-electron chi connectivity index (χ3n) is 3.74. The summed E-state index contributed by atoms with van der Waals surface area (Å²) >= 11 is 12.3. The molecular weight excluding hydrogens is 319 g/mol. The second-order valence-electron chi connectivity index (χ2n) is 5.20. The number of carbonyl (C=O) groups is 1. The molecule has 5 heteroatoms. The van der Waals surface area contributed by atoms with Crippen LogP contribution in [0.1, 0.15) is 19.9 Å². The van der Waals surface area contributed by atoms with Gasteiger partial charge in [-0.25, -0.2) is 4.98 Å². The SMILES string of the molecule is CC(=O)C(C)n1c(-c2ccc(Cl)cc2Cl)nc2ccccc21. The molecule has 0 spiro atoms. The number of Topliss-reactive ketones (excluding diaryl/α,β-unsaturated/α-hetero) is 1. The van der Waals surface area contributed by atoms with E-state index in [1.165, 1.54) is 0 Å². The van der Waals surface area contributed by atoms with Gasteiger partial charge in [0.25, 0.3) is 0 Å². The minimum absolute atomic E-state index is 0.0643. The predicted molar refractivity (Wildman–Crippen MR) is 90.6 cm³/mol. The molecule has 0 amide bonds. The lowest BCUT2D eigenvalue weighted by molar-refractivity contribution is -0.119. The van der Waals surface area contributed by atoms with Crippen LogP contribution < -0.4 is 0 Å². The van der Waals surface area contributed by atoms with Crippen LogP contribution in [0.25, 0.3) is 22.4 Å². The van der Waals surface area contributed by atoms with Crippen LogP contribution in [0.4, 0.5) is 0 Å². The van der Waals surface area contributed by atoms with Gasteiger partial charge < -0.3 is 4.57 Å². The van der Waals surface area contributed by atoms with E-state index >= 15 is 0 Å². The molecule has 0 aliphatic heterocycles. The highest BCUT2D eigenvalue weighted by Crippen LogP contribution is 2.34. The third kappa shape index (κ3) is 2.51. The minimum atomic E-state index is -0.325. The normalized spacial score (nSPS) is 12.5. The summed E-state index contributed by atoms with van der Waals surface area (Å²) in [6, 6.07) is 12.7. The molecular formula is C17H14Cl2N2O. The Morgan fingerprint density at radius 1 is 1.18 bits per heavy atom. The number of para-hydroxylation sites is 2. The van der Waals surface area contributed by atoms with Crippen molar-refractivity contribution >= 4 is 40.0 Å². The quantitative estimate of drug-likeness (QED) is 0.663. The number of ketones is 1. The first-order valence-corrected chi connectivity index (χ1v) is 7.67.